The maximum atomic E-state index is 11.7. The molecule has 166 valence electrons. The van der Waals surface area contributed by atoms with Crippen molar-refractivity contribution in [2.45, 2.75) is 116 Å². The van der Waals surface area contributed by atoms with Crippen LogP contribution in [-0.4, -0.2) is 37.0 Å². The lowest BCUT2D eigenvalue weighted by molar-refractivity contribution is -0.154. The second kappa shape index (κ2) is 22.4. The molecule has 1 atom stereocenters. The first-order chi connectivity index (χ1) is 13.7. The minimum absolute atomic E-state index is 0.174. The summed E-state index contributed by atoms with van der Waals surface area (Å²) in [6.45, 7) is 5.13. The van der Waals surface area contributed by atoms with E-state index in [0.29, 0.717) is 19.6 Å². The molecule has 0 aliphatic carbocycles. The Kier molecular flexibility index (Phi) is 21.7. The molecule has 0 spiro atoms. The smallest absolute Gasteiger partial charge is 0.306 e. The lowest BCUT2D eigenvalue weighted by Crippen LogP contribution is -2.27. The second-order valence-electron chi connectivity index (χ2n) is 7.70. The summed E-state index contributed by atoms with van der Waals surface area (Å²) in [6, 6.07) is 0. The Bertz CT molecular complexity index is 355. The molecule has 0 radical (unpaired) electrons. The Morgan fingerprint density at radius 1 is 0.821 bits per heavy atom. The van der Waals surface area contributed by atoms with Crippen LogP contribution in [-0.2, 0) is 14.3 Å². The SMILES string of the molecule is CCCCC/C=C\CCCCCCCCOCC(CO)OC(=O)CCCCC. The summed E-state index contributed by atoms with van der Waals surface area (Å²) in [6.07, 6.45) is 21.3. The average molecular weight is 399 g/mol. The summed E-state index contributed by atoms with van der Waals surface area (Å²) in [5.41, 5.74) is 0. The van der Waals surface area contributed by atoms with Crippen LogP contribution in [0.3, 0.4) is 0 Å². The van der Waals surface area contributed by atoms with E-state index < -0.39 is 6.10 Å². The number of ether oxygens (including phenoxy) is 2. The van der Waals surface area contributed by atoms with Gasteiger partial charge >= 0.3 is 5.97 Å². The fraction of sp³-hybridized carbons (Fsp3) is 0.875. The summed E-state index contributed by atoms with van der Waals surface area (Å²) in [5, 5.41) is 9.30. The van der Waals surface area contributed by atoms with E-state index in [2.05, 4.69) is 26.0 Å². The predicted molar refractivity (Wildman–Crippen MR) is 118 cm³/mol. The van der Waals surface area contributed by atoms with Gasteiger partial charge in [0, 0.05) is 13.0 Å². The molecule has 0 aromatic heterocycles. The van der Waals surface area contributed by atoms with Crippen LogP contribution in [0, 0.1) is 0 Å². The van der Waals surface area contributed by atoms with Crippen molar-refractivity contribution in [2.75, 3.05) is 19.8 Å². The van der Waals surface area contributed by atoms with E-state index in [1.165, 1.54) is 64.2 Å². The summed E-state index contributed by atoms with van der Waals surface area (Å²) in [4.78, 5) is 11.7. The number of hydrogen-bond donors (Lipinski definition) is 1. The highest BCUT2D eigenvalue weighted by atomic mass is 16.6. The molecule has 0 amide bonds. The number of esters is 1. The lowest BCUT2D eigenvalue weighted by Gasteiger charge is -2.15. The van der Waals surface area contributed by atoms with Crippen molar-refractivity contribution >= 4 is 5.97 Å². The van der Waals surface area contributed by atoms with Crippen molar-refractivity contribution in [3.63, 3.8) is 0 Å². The number of aliphatic hydroxyl groups is 1. The van der Waals surface area contributed by atoms with Gasteiger partial charge in [-0.05, 0) is 38.5 Å². The molecule has 0 aromatic carbocycles. The van der Waals surface area contributed by atoms with Gasteiger partial charge in [-0.1, -0.05) is 77.4 Å². The number of carbonyl (C=O) groups is 1. The maximum Gasteiger partial charge on any atom is 0.306 e. The zero-order valence-corrected chi connectivity index (χ0v) is 18.6. The second-order valence-corrected chi connectivity index (χ2v) is 7.70. The zero-order chi connectivity index (χ0) is 20.7. The minimum atomic E-state index is -0.524. The molecular weight excluding hydrogens is 352 g/mol. The van der Waals surface area contributed by atoms with Crippen molar-refractivity contribution in [2.24, 2.45) is 0 Å². The molecule has 0 aliphatic rings. The molecule has 0 aliphatic heterocycles. The van der Waals surface area contributed by atoms with E-state index in [4.69, 9.17) is 9.47 Å². The van der Waals surface area contributed by atoms with Gasteiger partial charge in [0.2, 0.25) is 0 Å². The predicted octanol–water partition coefficient (Wildman–Crippen LogP) is 6.35. The van der Waals surface area contributed by atoms with Crippen LogP contribution in [0.1, 0.15) is 110 Å². The van der Waals surface area contributed by atoms with Gasteiger partial charge in [0.25, 0.3) is 0 Å². The summed E-state index contributed by atoms with van der Waals surface area (Å²) in [7, 11) is 0. The van der Waals surface area contributed by atoms with Gasteiger partial charge in [-0.15, -0.1) is 0 Å². The number of carbonyl (C=O) groups excluding carboxylic acids is 1. The number of rotatable bonds is 21. The molecule has 0 rings (SSSR count). The third-order valence-electron chi connectivity index (χ3n) is 4.84. The van der Waals surface area contributed by atoms with Crippen LogP contribution < -0.4 is 0 Å². The van der Waals surface area contributed by atoms with Crippen LogP contribution >= 0.6 is 0 Å². The molecule has 4 heteroatoms. The monoisotopic (exact) mass is 398 g/mol. The van der Waals surface area contributed by atoms with E-state index >= 15 is 0 Å². The van der Waals surface area contributed by atoms with Crippen LogP contribution in [0.2, 0.25) is 0 Å². The van der Waals surface area contributed by atoms with Crippen LogP contribution in [0.4, 0.5) is 0 Å². The molecule has 0 heterocycles. The first-order valence-corrected chi connectivity index (χ1v) is 11.8. The molecule has 0 saturated heterocycles. The number of unbranched alkanes of at least 4 members (excludes halogenated alkanes) is 11. The number of allylic oxidation sites excluding steroid dienone is 2. The van der Waals surface area contributed by atoms with Gasteiger partial charge in [0.15, 0.2) is 0 Å². The van der Waals surface area contributed by atoms with Crippen molar-refractivity contribution < 1.29 is 19.4 Å². The van der Waals surface area contributed by atoms with Gasteiger partial charge in [-0.3, -0.25) is 4.79 Å². The Hall–Kier alpha value is -0.870. The Labute approximate surface area is 174 Å². The highest BCUT2D eigenvalue weighted by Gasteiger charge is 2.13. The molecular formula is C24H46O4. The van der Waals surface area contributed by atoms with E-state index in [-0.39, 0.29) is 12.6 Å². The topological polar surface area (TPSA) is 55.8 Å². The summed E-state index contributed by atoms with van der Waals surface area (Å²) < 4.78 is 10.8. The third-order valence-corrected chi connectivity index (χ3v) is 4.84. The van der Waals surface area contributed by atoms with E-state index in [9.17, 15) is 9.90 Å². The largest absolute Gasteiger partial charge is 0.457 e. The number of hydrogen-bond acceptors (Lipinski definition) is 4. The van der Waals surface area contributed by atoms with Crippen molar-refractivity contribution in [1.82, 2.24) is 0 Å². The first kappa shape index (κ1) is 27.1. The third kappa shape index (κ3) is 19.9. The van der Waals surface area contributed by atoms with Gasteiger partial charge in [-0.2, -0.15) is 0 Å². The molecule has 1 unspecified atom stereocenters. The highest BCUT2D eigenvalue weighted by Crippen LogP contribution is 2.09. The Balaban J connectivity index is 3.39. The summed E-state index contributed by atoms with van der Waals surface area (Å²) >= 11 is 0. The number of aliphatic hydroxyl groups excluding tert-OH is 1. The Morgan fingerprint density at radius 3 is 2.04 bits per heavy atom. The highest BCUT2D eigenvalue weighted by molar-refractivity contribution is 5.69. The van der Waals surface area contributed by atoms with Crippen LogP contribution in [0.5, 0.6) is 0 Å². The minimum Gasteiger partial charge on any atom is -0.457 e. The molecule has 0 bridgehead atoms. The fourth-order valence-electron chi connectivity index (χ4n) is 3.02. The lowest BCUT2D eigenvalue weighted by atomic mass is 10.1. The average Bonchev–Trinajstić information content (AvgIpc) is 2.70. The van der Waals surface area contributed by atoms with E-state index in [1.54, 1.807) is 0 Å². The fourth-order valence-corrected chi connectivity index (χ4v) is 3.02. The quantitative estimate of drug-likeness (QED) is 0.139. The first-order valence-electron chi connectivity index (χ1n) is 11.8. The molecule has 28 heavy (non-hydrogen) atoms. The van der Waals surface area contributed by atoms with E-state index in [0.717, 1.165) is 25.7 Å². The normalized spacial score (nSPS) is 12.5. The van der Waals surface area contributed by atoms with Gasteiger partial charge in [0.1, 0.15) is 6.10 Å². The molecule has 0 aromatic rings. The van der Waals surface area contributed by atoms with Gasteiger partial charge in [-0.25, -0.2) is 0 Å². The van der Waals surface area contributed by atoms with Crippen molar-refractivity contribution in [3.05, 3.63) is 12.2 Å². The van der Waals surface area contributed by atoms with Crippen LogP contribution in [0.15, 0.2) is 12.2 Å². The molecule has 1 N–H and O–H groups in total. The van der Waals surface area contributed by atoms with Gasteiger partial charge in [0.05, 0.1) is 13.2 Å². The van der Waals surface area contributed by atoms with Crippen LogP contribution in [0.25, 0.3) is 0 Å². The maximum absolute atomic E-state index is 11.7. The zero-order valence-electron chi connectivity index (χ0n) is 18.6. The molecule has 0 saturated carbocycles. The Morgan fingerprint density at radius 2 is 1.39 bits per heavy atom. The molecule has 4 nitrogen and oxygen atoms in total. The standard InChI is InChI=1S/C24H46O4/c1-3-5-7-8-9-10-11-12-13-14-15-16-18-20-27-22-23(21-25)28-24(26)19-17-6-4-2/h9-10,23,25H,3-8,11-22H2,1-2H3/b10-9-. The van der Waals surface area contributed by atoms with Crippen molar-refractivity contribution in [3.8, 4) is 0 Å². The summed E-state index contributed by atoms with van der Waals surface area (Å²) in [5.74, 6) is -0.230. The van der Waals surface area contributed by atoms with E-state index in [1.807, 2.05) is 0 Å². The van der Waals surface area contributed by atoms with Crippen molar-refractivity contribution in [1.29, 1.82) is 0 Å². The van der Waals surface area contributed by atoms with Gasteiger partial charge < -0.3 is 14.6 Å². The molecule has 0 fully saturated rings.